The Hall–Kier alpha value is -3.50. The number of hydrogen-bond acceptors (Lipinski definition) is 6. The number of nitrogens with one attached hydrogen (secondary N) is 1. The molecule has 164 valence electrons. The first-order valence-electron chi connectivity index (χ1n) is 9.62. The van der Waals surface area contributed by atoms with Crippen LogP contribution in [-0.2, 0) is 5.92 Å². The van der Waals surface area contributed by atoms with Crippen molar-refractivity contribution in [1.29, 1.82) is 0 Å². The van der Waals surface area contributed by atoms with Crippen LogP contribution in [0.15, 0.2) is 43.0 Å². The van der Waals surface area contributed by atoms with Crippen molar-refractivity contribution >= 4 is 11.9 Å². The summed E-state index contributed by atoms with van der Waals surface area (Å²) in [6.07, 6.45) is 5.03. The second kappa shape index (κ2) is 9.11. The van der Waals surface area contributed by atoms with Crippen LogP contribution < -0.4 is 5.32 Å². The monoisotopic (exact) mass is 433 g/mol. The van der Waals surface area contributed by atoms with Crippen molar-refractivity contribution in [3.63, 3.8) is 0 Å². The minimum atomic E-state index is -3.02. The van der Waals surface area contributed by atoms with Gasteiger partial charge in [0.05, 0.1) is 29.2 Å². The lowest BCUT2D eigenvalue weighted by molar-refractivity contribution is 0.0167. The second-order valence-electron chi connectivity index (χ2n) is 6.98. The van der Waals surface area contributed by atoms with Gasteiger partial charge in [0.25, 0.3) is 11.8 Å². The van der Waals surface area contributed by atoms with Crippen molar-refractivity contribution in [2.75, 3.05) is 18.4 Å². The minimum absolute atomic E-state index is 0.121. The third kappa shape index (κ3) is 5.16. The molecule has 1 N–H and O–H groups in total. The fourth-order valence-corrected chi connectivity index (χ4v) is 3.00. The molecule has 0 unspecified atom stereocenters. The van der Waals surface area contributed by atoms with Gasteiger partial charge >= 0.3 is 0 Å². The lowest BCUT2D eigenvalue weighted by Crippen LogP contribution is -2.42. The number of rotatable bonds is 8. The Kier molecular flexibility index (Phi) is 6.52. The molecule has 2 aromatic heterocycles. The number of benzene rings is 1. The Morgan fingerprint density at radius 3 is 2.45 bits per heavy atom. The minimum Gasteiger partial charge on any atom is -0.352 e. The summed E-state index contributed by atoms with van der Waals surface area (Å²) in [4.78, 5) is 23.8. The van der Waals surface area contributed by atoms with E-state index in [1.807, 2.05) is 0 Å². The first-order chi connectivity index (χ1) is 14.7. The maximum Gasteiger partial charge on any atom is 0.273 e. The molecule has 0 radical (unpaired) electrons. The van der Waals surface area contributed by atoms with E-state index in [1.165, 1.54) is 29.3 Å². The quantitative estimate of drug-likeness (QED) is 0.587. The molecule has 0 aliphatic heterocycles. The van der Waals surface area contributed by atoms with E-state index in [0.29, 0.717) is 12.2 Å². The first-order valence-corrected chi connectivity index (χ1v) is 9.62. The largest absolute Gasteiger partial charge is 0.352 e. The molecular weight excluding hydrogens is 411 g/mol. The zero-order valence-electron chi connectivity index (χ0n) is 17.3. The van der Waals surface area contributed by atoms with Gasteiger partial charge in [-0.25, -0.2) is 23.1 Å². The molecular formula is C20H22F3N7O. The van der Waals surface area contributed by atoms with Crippen molar-refractivity contribution in [3.05, 3.63) is 59.9 Å². The molecule has 1 atom stereocenters. The van der Waals surface area contributed by atoms with Gasteiger partial charge in [0.15, 0.2) is 0 Å². The number of aromatic nitrogens is 5. The number of halogens is 3. The van der Waals surface area contributed by atoms with Gasteiger partial charge in [-0.2, -0.15) is 15.0 Å². The van der Waals surface area contributed by atoms with Crippen LogP contribution >= 0.6 is 0 Å². The normalized spacial score (nSPS) is 12.5. The molecule has 3 rings (SSSR count). The summed E-state index contributed by atoms with van der Waals surface area (Å²) < 4.78 is 40.5. The van der Waals surface area contributed by atoms with Gasteiger partial charge in [-0.05, 0) is 32.0 Å². The number of amides is 1. The number of anilines is 1. The topological polar surface area (TPSA) is 88.8 Å². The summed E-state index contributed by atoms with van der Waals surface area (Å²) in [6, 6.07) is 3.49. The Bertz CT molecular complexity index is 1020. The van der Waals surface area contributed by atoms with E-state index in [0.717, 1.165) is 25.4 Å². The van der Waals surface area contributed by atoms with Gasteiger partial charge in [0.2, 0.25) is 5.95 Å². The van der Waals surface area contributed by atoms with Crippen LogP contribution in [0, 0.1) is 5.82 Å². The molecule has 0 bridgehead atoms. The van der Waals surface area contributed by atoms with Gasteiger partial charge in [0.1, 0.15) is 5.82 Å². The van der Waals surface area contributed by atoms with Gasteiger partial charge in [-0.15, -0.1) is 0 Å². The van der Waals surface area contributed by atoms with Gasteiger partial charge in [0, 0.05) is 38.4 Å². The van der Waals surface area contributed by atoms with Crippen LogP contribution in [-0.4, -0.2) is 54.9 Å². The molecule has 8 nitrogen and oxygen atoms in total. The van der Waals surface area contributed by atoms with E-state index in [9.17, 15) is 18.0 Å². The first kappa shape index (κ1) is 22.2. The number of carbonyl (C=O) groups excluding carboxylic acids is 1. The molecule has 2 heterocycles. The van der Waals surface area contributed by atoms with Crippen LogP contribution in [0.2, 0.25) is 0 Å². The molecule has 31 heavy (non-hydrogen) atoms. The molecule has 0 spiro atoms. The molecule has 1 aromatic carbocycles. The molecule has 3 aromatic rings. The Morgan fingerprint density at radius 2 is 1.87 bits per heavy atom. The van der Waals surface area contributed by atoms with E-state index >= 15 is 0 Å². The Morgan fingerprint density at radius 1 is 1.23 bits per heavy atom. The molecule has 0 fully saturated rings. The predicted molar refractivity (Wildman–Crippen MR) is 108 cm³/mol. The SMILES string of the molecule is CCN(C(=O)c1cc(F)ccc1-n1nccn1)[C@@H](C)CNc1ncc(C(C)(F)F)cn1. The third-order valence-electron chi connectivity index (χ3n) is 4.67. The molecule has 0 saturated carbocycles. The van der Waals surface area contributed by atoms with Crippen molar-refractivity contribution in [2.45, 2.75) is 32.7 Å². The van der Waals surface area contributed by atoms with Crippen LogP contribution in [0.5, 0.6) is 0 Å². The van der Waals surface area contributed by atoms with E-state index in [-0.39, 0.29) is 29.7 Å². The average Bonchev–Trinajstić information content (AvgIpc) is 3.27. The van der Waals surface area contributed by atoms with E-state index in [1.54, 1.807) is 18.7 Å². The van der Waals surface area contributed by atoms with Gasteiger partial charge < -0.3 is 10.2 Å². The van der Waals surface area contributed by atoms with Crippen LogP contribution in [0.25, 0.3) is 5.69 Å². The molecule has 1 amide bonds. The number of hydrogen-bond donors (Lipinski definition) is 1. The summed E-state index contributed by atoms with van der Waals surface area (Å²) in [5, 5.41) is 11.0. The van der Waals surface area contributed by atoms with Gasteiger partial charge in [-0.1, -0.05) is 0 Å². The Labute approximate surface area is 177 Å². The predicted octanol–water partition coefficient (Wildman–Crippen LogP) is 3.27. The van der Waals surface area contributed by atoms with Crippen molar-refractivity contribution in [2.24, 2.45) is 0 Å². The summed E-state index contributed by atoms with van der Waals surface area (Å²) in [5.41, 5.74) is 0.187. The third-order valence-corrected chi connectivity index (χ3v) is 4.67. The maximum atomic E-state index is 13.9. The van der Waals surface area contributed by atoms with E-state index in [2.05, 4.69) is 25.5 Å². The summed E-state index contributed by atoms with van der Waals surface area (Å²) in [6.45, 7) is 4.98. The van der Waals surface area contributed by atoms with E-state index < -0.39 is 17.6 Å². The van der Waals surface area contributed by atoms with Crippen molar-refractivity contribution in [3.8, 4) is 5.69 Å². The average molecular weight is 433 g/mol. The maximum absolute atomic E-state index is 13.9. The molecule has 0 aliphatic rings. The fourth-order valence-electron chi connectivity index (χ4n) is 3.00. The summed E-state index contributed by atoms with van der Waals surface area (Å²) in [5.74, 6) is -3.81. The van der Waals surface area contributed by atoms with Crippen LogP contribution in [0.1, 0.15) is 36.7 Å². The van der Waals surface area contributed by atoms with E-state index in [4.69, 9.17) is 0 Å². The zero-order valence-corrected chi connectivity index (χ0v) is 17.3. The number of carbonyl (C=O) groups is 1. The molecule has 11 heteroatoms. The zero-order chi connectivity index (χ0) is 22.6. The highest BCUT2D eigenvalue weighted by atomic mass is 19.3. The summed E-state index contributed by atoms with van der Waals surface area (Å²) in [7, 11) is 0. The highest BCUT2D eigenvalue weighted by Gasteiger charge is 2.26. The highest BCUT2D eigenvalue weighted by Crippen LogP contribution is 2.25. The lowest BCUT2D eigenvalue weighted by Gasteiger charge is -2.29. The number of alkyl halides is 2. The summed E-state index contributed by atoms with van der Waals surface area (Å²) >= 11 is 0. The van der Waals surface area contributed by atoms with Gasteiger partial charge in [-0.3, -0.25) is 4.79 Å². The number of likely N-dealkylation sites (N-methyl/N-ethyl adjacent to an activating group) is 1. The standard InChI is InChI=1S/C20H22F3N7O/c1-4-29(13(2)10-24-19-25-11-14(12-26-19)20(3,22)23)18(31)16-9-15(21)5-6-17(16)30-27-7-8-28-30/h5-9,11-13H,4,10H2,1-3H3,(H,24,25,26)/t13-/m0/s1. The molecule has 0 aliphatic carbocycles. The fraction of sp³-hybridized carbons (Fsp3) is 0.350. The number of nitrogens with zero attached hydrogens (tertiary/aromatic N) is 6. The highest BCUT2D eigenvalue weighted by molar-refractivity contribution is 5.98. The van der Waals surface area contributed by atoms with Crippen LogP contribution in [0.3, 0.4) is 0 Å². The van der Waals surface area contributed by atoms with Crippen molar-refractivity contribution in [1.82, 2.24) is 29.9 Å². The lowest BCUT2D eigenvalue weighted by atomic mass is 10.1. The van der Waals surface area contributed by atoms with Crippen LogP contribution in [0.4, 0.5) is 19.1 Å². The van der Waals surface area contributed by atoms with Crippen molar-refractivity contribution < 1.29 is 18.0 Å². The smallest absolute Gasteiger partial charge is 0.273 e. The second-order valence-corrected chi connectivity index (χ2v) is 6.98. The molecule has 0 saturated heterocycles. The Balaban J connectivity index is 1.74.